The molecular weight excluding hydrogens is 492 g/mol. The van der Waals surface area contributed by atoms with Gasteiger partial charge in [0.25, 0.3) is 0 Å². The minimum atomic E-state index is -1.50. The fourth-order valence-electron chi connectivity index (χ4n) is 8.26. The van der Waals surface area contributed by atoms with Crippen molar-refractivity contribution in [2.45, 2.75) is 90.7 Å². The highest BCUT2D eigenvalue weighted by atomic mass is 35.5. The van der Waals surface area contributed by atoms with Gasteiger partial charge in [-0.2, -0.15) is 0 Å². The van der Waals surface area contributed by atoms with E-state index in [4.69, 9.17) is 21.1 Å². The van der Waals surface area contributed by atoms with Crippen molar-refractivity contribution in [2.75, 3.05) is 6.61 Å². The quantitative estimate of drug-likeness (QED) is 0.368. The number of carbonyl (C=O) groups excluding carboxylic acids is 3. The third kappa shape index (κ3) is 4.14. The molecule has 0 heterocycles. The summed E-state index contributed by atoms with van der Waals surface area (Å²) >= 11 is 7.17. The predicted octanol–water partition coefficient (Wildman–Crippen LogP) is 5.32. The van der Waals surface area contributed by atoms with Gasteiger partial charge in [-0.25, -0.2) is 0 Å². The molecule has 0 amide bonds. The minimum Gasteiger partial charge on any atom is -0.457 e. The molecule has 0 unspecified atom stereocenters. The Kier molecular flexibility index (Phi) is 7.59. The van der Waals surface area contributed by atoms with Crippen molar-refractivity contribution in [3.8, 4) is 0 Å². The second kappa shape index (κ2) is 10.00. The van der Waals surface area contributed by atoms with Gasteiger partial charge in [-0.1, -0.05) is 64.5 Å². The Morgan fingerprint density at radius 1 is 1.19 bits per heavy atom. The van der Waals surface area contributed by atoms with Crippen LogP contribution in [0.4, 0.5) is 0 Å². The van der Waals surface area contributed by atoms with Crippen LogP contribution in [0, 0.1) is 34.5 Å². The standard InChI is InChI=1S/C30H41ClO6/c1-7-18-10-11-28(5)19(13-18)14-21(31)26-20-12-17(4)30(37-25(35)9-3,23(33)16-36-24(34)8-2)29(20,6)15-22(32)27(26)28/h7,10-11,13,17,20-22,26-27,32H,8-9,12,14-16H2,1-6H3/b18-7+/t17-,20+,21-,22+,26-,27+,28+,29+,30+/m1/s1. The van der Waals surface area contributed by atoms with Gasteiger partial charge in [0.2, 0.25) is 5.78 Å². The summed E-state index contributed by atoms with van der Waals surface area (Å²) in [6.07, 6.45) is 9.73. The molecule has 6 nitrogen and oxygen atoms in total. The average molecular weight is 533 g/mol. The monoisotopic (exact) mass is 532 g/mol. The fourth-order valence-corrected chi connectivity index (χ4v) is 8.76. The SMILES string of the molecule is C/C=C1\C=C[C@@]2(C)C(=C1)C[C@@H](Cl)[C@@H]1[C@@H]2[C@@H](O)C[C@@]2(C)[C@H]1C[C@@H](C)[C@]2(OC(=O)CC)C(=O)COC(=O)CC. The summed E-state index contributed by atoms with van der Waals surface area (Å²) in [6.45, 7) is 11.0. The molecule has 0 aromatic heterocycles. The van der Waals surface area contributed by atoms with Gasteiger partial charge in [0.1, 0.15) is 0 Å². The van der Waals surface area contributed by atoms with E-state index in [1.807, 2.05) is 20.8 Å². The Hall–Kier alpha value is -1.92. The Bertz CT molecular complexity index is 1060. The average Bonchev–Trinajstić information content (AvgIpc) is 3.08. The number of ketones is 1. The van der Waals surface area contributed by atoms with Gasteiger partial charge in [0.15, 0.2) is 12.2 Å². The highest BCUT2D eigenvalue weighted by Gasteiger charge is 2.73. The van der Waals surface area contributed by atoms with E-state index in [9.17, 15) is 19.5 Å². The maximum atomic E-state index is 13.9. The van der Waals surface area contributed by atoms with Crippen molar-refractivity contribution in [2.24, 2.45) is 34.5 Å². The van der Waals surface area contributed by atoms with Crippen molar-refractivity contribution < 1.29 is 29.0 Å². The number of rotatable bonds is 6. The molecule has 1 N–H and O–H groups in total. The van der Waals surface area contributed by atoms with Crippen molar-refractivity contribution in [3.63, 3.8) is 0 Å². The zero-order valence-electron chi connectivity index (χ0n) is 22.9. The van der Waals surface area contributed by atoms with Crippen LogP contribution in [0.15, 0.2) is 35.5 Å². The van der Waals surface area contributed by atoms with Gasteiger partial charge in [-0.15, -0.1) is 11.6 Å². The van der Waals surface area contributed by atoms with E-state index in [0.29, 0.717) is 19.3 Å². The first-order chi connectivity index (χ1) is 17.4. The van der Waals surface area contributed by atoms with E-state index in [1.54, 1.807) is 13.8 Å². The Balaban J connectivity index is 1.79. The Morgan fingerprint density at radius 2 is 1.86 bits per heavy atom. The molecule has 7 heteroatoms. The lowest BCUT2D eigenvalue weighted by atomic mass is 9.46. The molecule has 0 saturated heterocycles. The normalized spacial score (nSPS) is 43.4. The molecule has 0 aliphatic heterocycles. The first-order valence-electron chi connectivity index (χ1n) is 13.7. The van der Waals surface area contributed by atoms with E-state index in [2.05, 4.69) is 31.2 Å². The maximum absolute atomic E-state index is 13.9. The summed E-state index contributed by atoms with van der Waals surface area (Å²) in [4.78, 5) is 38.6. The smallest absolute Gasteiger partial charge is 0.306 e. The number of aliphatic hydroxyl groups excluding tert-OH is 1. The van der Waals surface area contributed by atoms with Crippen LogP contribution in [0.25, 0.3) is 0 Å². The second-order valence-corrected chi connectivity index (χ2v) is 12.4. The van der Waals surface area contributed by atoms with Crippen molar-refractivity contribution in [1.29, 1.82) is 0 Å². The Labute approximate surface area is 225 Å². The summed E-state index contributed by atoms with van der Waals surface area (Å²) in [5.41, 5.74) is -0.343. The third-order valence-corrected chi connectivity index (χ3v) is 10.5. The van der Waals surface area contributed by atoms with Crippen LogP contribution in [0.1, 0.15) is 73.6 Å². The van der Waals surface area contributed by atoms with Gasteiger partial charge in [0, 0.05) is 40.9 Å². The van der Waals surface area contributed by atoms with Crippen LogP contribution in [0.2, 0.25) is 0 Å². The molecule has 3 fully saturated rings. The maximum Gasteiger partial charge on any atom is 0.306 e. The third-order valence-electron chi connectivity index (χ3n) is 10.0. The number of hydrogen-bond acceptors (Lipinski definition) is 6. The summed E-state index contributed by atoms with van der Waals surface area (Å²) in [5.74, 6) is -1.94. The molecule has 37 heavy (non-hydrogen) atoms. The van der Waals surface area contributed by atoms with Crippen LogP contribution in [-0.4, -0.2) is 46.5 Å². The fraction of sp³-hybridized carbons (Fsp3) is 0.700. The van der Waals surface area contributed by atoms with Crippen LogP contribution >= 0.6 is 11.6 Å². The summed E-state index contributed by atoms with van der Waals surface area (Å²) < 4.78 is 11.4. The lowest BCUT2D eigenvalue weighted by molar-refractivity contribution is -0.205. The lowest BCUT2D eigenvalue weighted by Crippen LogP contribution is -2.65. The highest BCUT2D eigenvalue weighted by molar-refractivity contribution is 6.21. The molecule has 0 bridgehead atoms. The van der Waals surface area contributed by atoms with Crippen LogP contribution < -0.4 is 0 Å². The van der Waals surface area contributed by atoms with Crippen LogP contribution in [0.3, 0.4) is 0 Å². The van der Waals surface area contributed by atoms with E-state index < -0.39 is 41.4 Å². The predicted molar refractivity (Wildman–Crippen MR) is 142 cm³/mol. The number of carbonyl (C=O) groups is 3. The lowest BCUT2D eigenvalue weighted by Gasteiger charge is -2.61. The molecular formula is C30H41ClO6. The zero-order chi connectivity index (χ0) is 27.3. The molecule has 0 aromatic carbocycles. The summed E-state index contributed by atoms with van der Waals surface area (Å²) in [5, 5.41) is 11.6. The molecule has 204 valence electrons. The topological polar surface area (TPSA) is 89.9 Å². The van der Waals surface area contributed by atoms with E-state index in [1.165, 1.54) is 5.57 Å². The van der Waals surface area contributed by atoms with Crippen molar-refractivity contribution >= 4 is 29.3 Å². The number of alkyl halides is 1. The Morgan fingerprint density at radius 3 is 2.49 bits per heavy atom. The van der Waals surface area contributed by atoms with Gasteiger partial charge in [-0.05, 0) is 43.6 Å². The molecule has 4 aliphatic carbocycles. The van der Waals surface area contributed by atoms with Crippen LogP contribution in [-0.2, 0) is 23.9 Å². The minimum absolute atomic E-state index is 0.0521. The number of esters is 2. The van der Waals surface area contributed by atoms with Gasteiger partial charge in [-0.3, -0.25) is 14.4 Å². The molecule has 9 atom stereocenters. The molecule has 0 aromatic rings. The first kappa shape index (κ1) is 28.1. The number of hydrogen-bond donors (Lipinski definition) is 1. The van der Waals surface area contributed by atoms with Crippen LogP contribution in [0.5, 0.6) is 0 Å². The number of Topliss-reactive ketones (excluding diaryl/α,β-unsaturated/α-hetero) is 1. The van der Waals surface area contributed by atoms with Gasteiger partial charge < -0.3 is 14.6 Å². The number of ether oxygens (including phenoxy) is 2. The molecule has 4 aliphatic rings. The van der Waals surface area contributed by atoms with Gasteiger partial charge in [0.05, 0.1) is 6.10 Å². The summed E-state index contributed by atoms with van der Waals surface area (Å²) in [7, 11) is 0. The number of halogens is 1. The van der Waals surface area contributed by atoms with Crippen molar-refractivity contribution in [3.05, 3.63) is 35.5 Å². The second-order valence-electron chi connectivity index (χ2n) is 11.8. The van der Waals surface area contributed by atoms with Gasteiger partial charge >= 0.3 is 11.9 Å². The zero-order valence-corrected chi connectivity index (χ0v) is 23.6. The molecule has 4 rings (SSSR count). The first-order valence-corrected chi connectivity index (χ1v) is 14.1. The number of allylic oxidation sites excluding steroid dienone is 6. The highest BCUT2D eigenvalue weighted by Crippen LogP contribution is 2.69. The molecule has 3 saturated carbocycles. The number of fused-ring (bicyclic) bond motifs is 5. The van der Waals surface area contributed by atoms with E-state index in [0.717, 1.165) is 5.57 Å². The molecule has 0 radical (unpaired) electrons. The largest absolute Gasteiger partial charge is 0.457 e. The summed E-state index contributed by atoms with van der Waals surface area (Å²) in [6, 6.07) is 0. The van der Waals surface area contributed by atoms with E-state index in [-0.39, 0.29) is 47.3 Å². The number of aliphatic hydroxyl groups is 1. The van der Waals surface area contributed by atoms with E-state index >= 15 is 0 Å². The van der Waals surface area contributed by atoms with Crippen molar-refractivity contribution in [1.82, 2.24) is 0 Å². The molecule has 0 spiro atoms.